The number of nitrogens with one attached hydrogen (secondary N) is 2. The van der Waals surface area contributed by atoms with Gasteiger partial charge in [0, 0.05) is 35.8 Å². The number of unbranched alkanes of at least 4 members (excludes halogenated alkanes) is 1. The van der Waals surface area contributed by atoms with Gasteiger partial charge in [-0.05, 0) is 39.2 Å². The van der Waals surface area contributed by atoms with Crippen LogP contribution in [0.2, 0.25) is 0 Å². The van der Waals surface area contributed by atoms with Crippen molar-refractivity contribution in [2.45, 2.75) is 50.5 Å². The van der Waals surface area contributed by atoms with Gasteiger partial charge in [0.25, 0.3) is 0 Å². The molecule has 5 heteroatoms. The third kappa shape index (κ3) is 12.4. The van der Waals surface area contributed by atoms with E-state index in [-0.39, 0.29) is 10.7 Å². The van der Waals surface area contributed by atoms with Crippen LogP contribution in [0.3, 0.4) is 0 Å². The largest absolute Gasteiger partial charge is 0.355 e. The summed E-state index contributed by atoms with van der Waals surface area (Å²) in [5.41, 5.74) is 1.34. The summed E-state index contributed by atoms with van der Waals surface area (Å²) >= 11 is 3.61. The fourth-order valence-corrected chi connectivity index (χ4v) is 3.36. The standard InChI is InChI=1S/C18H30N2OS2/c1-18(2,3)23-20-12-8-7-11-17(21)19-13-14-22-15-16-9-5-4-6-10-16/h4-6,9-10,20H,7-8,11-15H2,1-3H3,(H,19,21). The van der Waals surface area contributed by atoms with Crippen LogP contribution in [-0.4, -0.2) is 29.5 Å². The van der Waals surface area contributed by atoms with Crippen molar-refractivity contribution in [3.63, 3.8) is 0 Å². The zero-order valence-corrected chi connectivity index (χ0v) is 16.2. The van der Waals surface area contributed by atoms with E-state index < -0.39 is 0 Å². The first-order valence-electron chi connectivity index (χ1n) is 8.26. The van der Waals surface area contributed by atoms with E-state index in [2.05, 4.69) is 55.1 Å². The minimum Gasteiger partial charge on any atom is -0.355 e. The van der Waals surface area contributed by atoms with Crippen molar-refractivity contribution in [2.75, 3.05) is 18.8 Å². The Hall–Kier alpha value is -0.650. The second-order valence-corrected chi connectivity index (χ2v) is 9.28. The van der Waals surface area contributed by atoms with Crippen LogP contribution in [-0.2, 0) is 10.5 Å². The third-order valence-electron chi connectivity index (χ3n) is 2.99. The number of hydrogen-bond acceptors (Lipinski definition) is 4. The van der Waals surface area contributed by atoms with Gasteiger partial charge in [0.1, 0.15) is 0 Å². The lowest BCUT2D eigenvalue weighted by Gasteiger charge is -2.17. The average molecular weight is 355 g/mol. The number of thioether (sulfide) groups is 1. The highest BCUT2D eigenvalue weighted by Crippen LogP contribution is 2.19. The van der Waals surface area contributed by atoms with Crippen molar-refractivity contribution < 1.29 is 4.79 Å². The minimum atomic E-state index is 0.175. The molecule has 0 aliphatic rings. The van der Waals surface area contributed by atoms with Gasteiger partial charge in [0.15, 0.2) is 0 Å². The Morgan fingerprint density at radius 2 is 1.83 bits per heavy atom. The lowest BCUT2D eigenvalue weighted by molar-refractivity contribution is -0.121. The maximum atomic E-state index is 11.7. The Morgan fingerprint density at radius 1 is 1.09 bits per heavy atom. The van der Waals surface area contributed by atoms with E-state index in [1.54, 1.807) is 11.9 Å². The zero-order valence-electron chi connectivity index (χ0n) is 14.6. The summed E-state index contributed by atoms with van der Waals surface area (Å²) in [5.74, 6) is 2.15. The lowest BCUT2D eigenvalue weighted by Crippen LogP contribution is -2.25. The Labute approximate surface area is 149 Å². The Balaban J connectivity index is 1.90. The second kappa shape index (κ2) is 11.8. The molecule has 23 heavy (non-hydrogen) atoms. The third-order valence-corrected chi connectivity index (χ3v) is 4.98. The first kappa shape index (κ1) is 20.4. The van der Waals surface area contributed by atoms with Gasteiger partial charge in [-0.1, -0.05) is 42.3 Å². The molecule has 1 rings (SSSR count). The van der Waals surface area contributed by atoms with Gasteiger partial charge in [-0.25, -0.2) is 0 Å². The minimum absolute atomic E-state index is 0.175. The second-order valence-electron chi connectivity index (χ2n) is 6.45. The molecule has 1 aromatic rings. The summed E-state index contributed by atoms with van der Waals surface area (Å²) < 4.78 is 3.60. The summed E-state index contributed by atoms with van der Waals surface area (Å²) in [6.45, 7) is 8.28. The normalized spacial score (nSPS) is 11.4. The van der Waals surface area contributed by atoms with E-state index in [9.17, 15) is 4.79 Å². The fraction of sp³-hybridized carbons (Fsp3) is 0.611. The van der Waals surface area contributed by atoms with Crippen LogP contribution in [0.1, 0.15) is 45.6 Å². The molecule has 1 aromatic carbocycles. The predicted octanol–water partition coefficient (Wildman–Crippen LogP) is 4.24. The van der Waals surface area contributed by atoms with E-state index >= 15 is 0 Å². The maximum absolute atomic E-state index is 11.7. The molecular formula is C18H30N2OS2. The first-order chi connectivity index (χ1) is 11.0. The Kier molecular flexibility index (Phi) is 10.5. The van der Waals surface area contributed by atoms with Gasteiger partial charge in [0.05, 0.1) is 0 Å². The summed E-state index contributed by atoms with van der Waals surface area (Å²) in [5, 5.41) is 3.00. The molecule has 0 unspecified atom stereocenters. The number of carbonyl (C=O) groups excluding carboxylic acids is 1. The summed E-state index contributed by atoms with van der Waals surface area (Å²) in [6.07, 6.45) is 2.62. The molecule has 0 heterocycles. The van der Waals surface area contributed by atoms with Crippen molar-refractivity contribution in [2.24, 2.45) is 0 Å². The van der Waals surface area contributed by atoms with Gasteiger partial charge in [0.2, 0.25) is 5.91 Å². The number of carbonyl (C=O) groups is 1. The molecule has 0 atom stereocenters. The number of benzene rings is 1. The van der Waals surface area contributed by atoms with Gasteiger partial charge < -0.3 is 5.32 Å². The van der Waals surface area contributed by atoms with Crippen molar-refractivity contribution in [3.05, 3.63) is 35.9 Å². The summed E-state index contributed by atoms with van der Waals surface area (Å²) in [6, 6.07) is 10.4. The smallest absolute Gasteiger partial charge is 0.220 e. The first-order valence-corrected chi connectivity index (χ1v) is 10.2. The molecule has 0 bridgehead atoms. The summed E-state index contributed by atoms with van der Waals surface area (Å²) in [4.78, 5) is 11.7. The van der Waals surface area contributed by atoms with E-state index in [4.69, 9.17) is 0 Å². The van der Waals surface area contributed by atoms with Crippen molar-refractivity contribution in [1.82, 2.24) is 10.0 Å². The van der Waals surface area contributed by atoms with Crippen molar-refractivity contribution >= 4 is 29.6 Å². The zero-order chi connectivity index (χ0) is 17.0. The average Bonchev–Trinajstić information content (AvgIpc) is 2.50. The predicted molar refractivity (Wildman–Crippen MR) is 105 cm³/mol. The quantitative estimate of drug-likeness (QED) is 0.461. The molecule has 0 aliphatic carbocycles. The molecule has 1 amide bonds. The molecule has 0 fully saturated rings. The highest BCUT2D eigenvalue weighted by Gasteiger charge is 2.09. The Bertz CT molecular complexity index is 432. The van der Waals surface area contributed by atoms with Crippen LogP contribution in [0.4, 0.5) is 0 Å². The van der Waals surface area contributed by atoms with Crippen LogP contribution in [0, 0.1) is 0 Å². The molecule has 0 saturated heterocycles. The molecule has 0 aromatic heterocycles. The topological polar surface area (TPSA) is 41.1 Å². The van der Waals surface area contributed by atoms with Gasteiger partial charge in [-0.2, -0.15) is 11.8 Å². The van der Waals surface area contributed by atoms with E-state index in [1.807, 2.05) is 17.8 Å². The monoisotopic (exact) mass is 354 g/mol. The van der Waals surface area contributed by atoms with Crippen LogP contribution in [0.5, 0.6) is 0 Å². The molecule has 0 aliphatic heterocycles. The number of hydrogen-bond donors (Lipinski definition) is 2. The number of amides is 1. The van der Waals surface area contributed by atoms with Crippen molar-refractivity contribution in [1.29, 1.82) is 0 Å². The summed E-state index contributed by atoms with van der Waals surface area (Å²) in [7, 11) is 0. The van der Waals surface area contributed by atoms with Crippen molar-refractivity contribution in [3.8, 4) is 0 Å². The van der Waals surface area contributed by atoms with Gasteiger partial charge in [-0.15, -0.1) is 0 Å². The Morgan fingerprint density at radius 3 is 2.52 bits per heavy atom. The van der Waals surface area contributed by atoms with E-state index in [0.29, 0.717) is 6.42 Å². The van der Waals surface area contributed by atoms with Crippen LogP contribution >= 0.6 is 23.7 Å². The van der Waals surface area contributed by atoms with Crippen LogP contribution in [0.15, 0.2) is 30.3 Å². The molecule has 2 N–H and O–H groups in total. The number of rotatable bonds is 11. The van der Waals surface area contributed by atoms with Gasteiger partial charge in [-0.3, -0.25) is 9.52 Å². The fourth-order valence-electron chi connectivity index (χ4n) is 1.87. The van der Waals surface area contributed by atoms with Gasteiger partial charge >= 0.3 is 0 Å². The highest BCUT2D eigenvalue weighted by molar-refractivity contribution is 7.98. The molecule has 0 saturated carbocycles. The molecular weight excluding hydrogens is 324 g/mol. The highest BCUT2D eigenvalue weighted by atomic mass is 32.2. The SMILES string of the molecule is CC(C)(C)SNCCCCC(=O)NCCSCc1ccccc1. The molecule has 3 nitrogen and oxygen atoms in total. The van der Waals surface area contributed by atoms with Crippen LogP contribution in [0.25, 0.3) is 0 Å². The van der Waals surface area contributed by atoms with E-state index in [1.165, 1.54) is 5.56 Å². The lowest BCUT2D eigenvalue weighted by atomic mass is 10.2. The van der Waals surface area contributed by atoms with E-state index in [0.717, 1.165) is 37.4 Å². The van der Waals surface area contributed by atoms with Crippen LogP contribution < -0.4 is 10.0 Å². The molecule has 130 valence electrons. The molecule has 0 radical (unpaired) electrons. The maximum Gasteiger partial charge on any atom is 0.220 e. The molecule has 0 spiro atoms.